The van der Waals surface area contributed by atoms with Gasteiger partial charge in [-0.05, 0) is 342 Å². The van der Waals surface area contributed by atoms with Crippen molar-refractivity contribution in [2.45, 2.75) is 590 Å². The van der Waals surface area contributed by atoms with Crippen molar-refractivity contribution in [3.8, 4) is 0 Å². The molecule has 0 amide bonds. The van der Waals surface area contributed by atoms with E-state index in [4.69, 9.17) is 9.81 Å². The van der Waals surface area contributed by atoms with Crippen molar-refractivity contribution in [3.63, 3.8) is 0 Å². The molecule has 19 heteroatoms. The molecule has 16 fully saturated rings. The molecule has 6 aliphatic heterocycles. The van der Waals surface area contributed by atoms with Gasteiger partial charge in [0.1, 0.15) is 23.1 Å². The summed E-state index contributed by atoms with van der Waals surface area (Å²) in [5, 5.41) is 7.38. The fourth-order valence-electron chi connectivity index (χ4n) is 26.4. The van der Waals surface area contributed by atoms with Gasteiger partial charge in [0, 0.05) is 101 Å². The number of hydrogen-bond acceptors (Lipinski definition) is 12. The number of allylic oxidation sites excluding steroid dienone is 2. The van der Waals surface area contributed by atoms with E-state index < -0.39 is 7.32 Å². The average molecular weight is 2030 g/mol. The molecule has 10 saturated carbocycles. The first-order chi connectivity index (χ1) is 61.3. The molecule has 16 atom stereocenters. The van der Waals surface area contributed by atoms with Gasteiger partial charge in [-0.1, -0.05) is 238 Å². The van der Waals surface area contributed by atoms with Crippen LogP contribution in [0.15, 0.2) is 11.8 Å². The van der Waals surface area contributed by atoms with E-state index in [0.717, 1.165) is 143 Å². The van der Waals surface area contributed by atoms with Crippen LogP contribution in [0.5, 0.6) is 0 Å². The van der Waals surface area contributed by atoms with Gasteiger partial charge in [-0.25, -0.2) is 0 Å². The second-order valence-corrected chi connectivity index (χ2v) is 49.9. The molecule has 16 nitrogen and oxygen atoms in total. The van der Waals surface area contributed by atoms with Gasteiger partial charge in [0.15, 0.2) is 0 Å². The Morgan fingerprint density at radius 1 is 0.338 bits per heavy atom. The monoisotopic (exact) mass is 2020 g/mol. The second-order valence-electron chi connectivity index (χ2n) is 46.4. The Bertz CT molecular complexity index is 2780. The predicted molar refractivity (Wildman–Crippen MR) is 603 cm³/mol. The average Bonchev–Trinajstić information content (AvgIpc) is 0.799. The third-order valence-corrected chi connectivity index (χ3v) is 34.6. The van der Waals surface area contributed by atoms with Gasteiger partial charge in [0.25, 0.3) is 0 Å². The van der Waals surface area contributed by atoms with Crippen molar-refractivity contribution in [2.24, 2.45) is 59.2 Å². The Hall–Kier alpha value is -0.974. The second kappa shape index (κ2) is 86.7. The molecule has 0 aromatic heterocycles. The van der Waals surface area contributed by atoms with Crippen molar-refractivity contribution in [1.29, 1.82) is 0 Å². The van der Waals surface area contributed by atoms with E-state index in [0.29, 0.717) is 66.6 Å². The maximum atomic E-state index is 10.7. The van der Waals surface area contributed by atoms with E-state index in [2.05, 4.69) is 94.3 Å². The Morgan fingerprint density at radius 2 is 0.612 bits per heavy atom. The Morgan fingerprint density at radius 3 is 0.899 bits per heavy atom. The number of nitrogens with zero attached hydrogens (tertiary/aromatic N) is 5. The molecule has 17 rings (SSSR count). The van der Waals surface area contributed by atoms with E-state index in [1.165, 1.54) is 447 Å². The Balaban J connectivity index is -0.000000361. The van der Waals surface area contributed by atoms with E-state index in [1.54, 1.807) is 5.70 Å². The van der Waals surface area contributed by atoms with Crippen molar-refractivity contribution in [3.05, 3.63) is 11.8 Å². The van der Waals surface area contributed by atoms with Crippen LogP contribution < -0.4 is 17.3 Å². The quantitative estimate of drug-likeness (QED) is 0.0516. The summed E-state index contributed by atoms with van der Waals surface area (Å²) < 4.78 is 23.6. The van der Waals surface area contributed by atoms with Crippen molar-refractivity contribution in [1.82, 2.24) is 14.7 Å². The molecule has 5 N–H and O–H groups in total. The van der Waals surface area contributed by atoms with Crippen LogP contribution in [0.3, 0.4) is 0 Å². The number of ketones is 4. The smallest absolute Gasteiger partial charge is 0.870 e. The van der Waals surface area contributed by atoms with Gasteiger partial charge in [-0.2, -0.15) is 0 Å². The summed E-state index contributed by atoms with van der Waals surface area (Å²) in [6.45, 7) is 43.5. The third-order valence-electron chi connectivity index (χ3n) is 34.0. The minimum absolute atomic E-state index is 0. The fraction of sp³-hybridized carbons (Fsp3) is 0.950. The maximum Gasteiger partial charge on any atom is -0.870 e. The summed E-state index contributed by atoms with van der Waals surface area (Å²) in [5.41, 5.74) is 1.65. The molecule has 139 heavy (non-hydrogen) atoms. The third kappa shape index (κ3) is 63.7. The van der Waals surface area contributed by atoms with Gasteiger partial charge in [-0.3, -0.25) is 19.2 Å². The largest absolute Gasteiger partial charge is 1.00 e. The summed E-state index contributed by atoms with van der Waals surface area (Å²) in [6.07, 6.45) is 92.7. The molecule has 0 radical (unpaired) electrons. The Labute approximate surface area is 886 Å². The van der Waals surface area contributed by atoms with Crippen LogP contribution in [0.2, 0.25) is 0 Å². The minimum atomic E-state index is -3.33. The molecule has 0 spiro atoms. The van der Waals surface area contributed by atoms with E-state index in [-0.39, 0.29) is 90.2 Å². The van der Waals surface area contributed by atoms with Gasteiger partial charge in [0.05, 0.1) is 70.5 Å². The number of Topliss-reactive ketones (excluding diaryl/α,β-unsaturated/α-hetero) is 4. The molecule has 0 aromatic rings. The first-order valence-corrected chi connectivity index (χ1v) is 59.6. The summed E-state index contributed by atoms with van der Waals surface area (Å²) in [6, 6.07) is 4.94. The first-order valence-electron chi connectivity index (χ1n) is 56.3. The zero-order chi connectivity index (χ0) is 91.3. The zero-order valence-corrected chi connectivity index (χ0v) is 89.8. The van der Waals surface area contributed by atoms with Crippen LogP contribution >= 0.6 is 0 Å². The van der Waals surface area contributed by atoms with Crippen LogP contribution in [-0.2, 0) is 30.8 Å². The molecule has 17 aliphatic rings. The fourth-order valence-corrected chi connectivity index (χ4v) is 26.4. The molecule has 11 aliphatic carbocycles. The number of hydrogen-bond donors (Lipinski definition) is 3. The SMILES string of the molecule is C.C.C.C.C.C.C.C.C.C1CCCCC1.CC1CCC=C(N2CCCCC2)C1.CC1CCCC(=O)C1.CC1CCCC(=O)C1.CC1CCCC(=O)C1.CC1CCCC(=O)C1.CC1CCCC(N2CCCCC2)C1.CC1CCCC(N2CCCCC2)C1.CC1CCCC([N+]2(CCCCC[N+]3(C4CCCC(C)C4)CCCCC3)CCCCC2)C1.CC1CCCC([NH+]2CCCCC2)C1.O=[S](O)(=[Mg])OO.[Cl-].[OH-].[OH-]. The van der Waals surface area contributed by atoms with Gasteiger partial charge in [0.2, 0.25) is 0 Å². The standard InChI is InChI=1S/C29H56N2.3C12H23N.C12H21N.4C7H12O.C6H12.9CH4.ClH.Mg.H2O4S.2H2O/c1-26-14-12-16-28(24-26)30(18-6-3-7-19-30)22-10-5-11-23-31(20-8-4-9-21-31)29-17-13-15-27(2)25-29;4*1-11-6-5-7-12(10-11)13-8-3-2-4-9-13;4*1-6-3-2-4-7(8)5-6;1-2-4-6-5-3-1;;;;;;;;;;;;1-4-5(2)3;;/h26-29H,3-25H2,1-2H3;3*11-12H,2-10H2,1H3;7,11H,2-6,8-10H2,1H3;4*6H,2-5H2,1H3;1-6H2;9*1H4;1H;;1H,(H,2,3);2*1H2/q+2;;;;;;;;;;;;;;;;;;;;;;;/p-2. The topological polar surface area (TPSA) is 209 Å². The van der Waals surface area contributed by atoms with Crippen LogP contribution in [0.4, 0.5) is 0 Å². The van der Waals surface area contributed by atoms with E-state index in [9.17, 15) is 23.4 Å². The molecular formula is C120H247ClMgN6O10S. The number of likely N-dealkylation sites (tertiary alicyclic amines) is 6. The predicted octanol–water partition coefficient (Wildman–Crippen LogP) is 29.2. The molecule has 6 heterocycles. The molecule has 16 unspecified atom stereocenters. The molecule has 0 bridgehead atoms. The number of halogens is 1. The van der Waals surface area contributed by atoms with Crippen molar-refractivity contribution < 1.29 is 74.8 Å². The van der Waals surface area contributed by atoms with E-state index >= 15 is 0 Å². The number of carbonyl (C=O) groups excluding carboxylic acids is 4. The summed E-state index contributed by atoms with van der Waals surface area (Å²) >= 11 is 0.671. The Kier molecular flexibility index (Phi) is 92.7. The van der Waals surface area contributed by atoms with Crippen LogP contribution in [-0.4, -0.2) is 213 Å². The van der Waals surface area contributed by atoms with Crippen LogP contribution in [0.25, 0.3) is 0 Å². The summed E-state index contributed by atoms with van der Waals surface area (Å²) in [7, 11) is -3.33. The van der Waals surface area contributed by atoms with Gasteiger partial charge >= 0.3 is 45.5 Å². The van der Waals surface area contributed by atoms with E-state index in [1.807, 2.05) is 4.90 Å². The number of rotatable bonds is 13. The number of piperidine rings is 6. The summed E-state index contributed by atoms with van der Waals surface area (Å²) in [4.78, 5) is 52.8. The van der Waals surface area contributed by atoms with Crippen LogP contribution in [0, 0.1) is 59.2 Å². The molecule has 6 saturated heterocycles. The normalized spacial score (nSPS) is 30.4. The molecule has 832 valence electrons. The molecule has 0 aromatic carbocycles. The minimum Gasteiger partial charge on any atom is -1.00 e. The number of unbranched alkanes of at least 4 members (excludes halogenated alkanes) is 2. The number of quaternary nitrogens is 3. The first kappa shape index (κ1) is 149. The van der Waals surface area contributed by atoms with Crippen LogP contribution in [0.1, 0.15) is 560 Å². The number of nitrogens with one attached hydrogen (secondary N) is 1. The number of carbonyl (C=O) groups is 4. The van der Waals surface area contributed by atoms with Crippen molar-refractivity contribution in [2.75, 3.05) is 91.6 Å². The van der Waals surface area contributed by atoms with Gasteiger partial charge in [-0.15, -0.1) is 0 Å². The maximum absolute atomic E-state index is 10.7. The summed E-state index contributed by atoms with van der Waals surface area (Å²) in [5.74, 6) is 10.4. The zero-order valence-electron chi connectivity index (χ0n) is 86.8. The molecular weight excluding hydrogens is 1780 g/mol. The van der Waals surface area contributed by atoms with Crippen molar-refractivity contribution >= 4 is 50.3 Å². The van der Waals surface area contributed by atoms with Gasteiger partial charge < -0.3 is 51.9 Å².